The lowest BCUT2D eigenvalue weighted by Gasteiger charge is -2.26. The first-order valence-corrected chi connectivity index (χ1v) is 5.99. The van der Waals surface area contributed by atoms with Crippen LogP contribution < -0.4 is 5.73 Å². The fraction of sp³-hybridized carbons (Fsp3) is 0.900. The Morgan fingerprint density at radius 3 is 2.67 bits per heavy atom. The third-order valence-corrected chi connectivity index (χ3v) is 3.36. The molecule has 1 rings (SSSR count). The molecule has 1 saturated heterocycles. The van der Waals surface area contributed by atoms with Gasteiger partial charge in [-0.25, -0.2) is 0 Å². The number of nitrogens with two attached hydrogens (primary N) is 1. The maximum atomic E-state index is 12.5. The predicted molar refractivity (Wildman–Crippen MR) is 64.3 cm³/mol. The molecule has 1 aliphatic rings. The molecule has 0 bridgehead atoms. The highest BCUT2D eigenvalue weighted by atomic mass is 32.1. The number of alkyl halides is 3. The summed E-state index contributed by atoms with van der Waals surface area (Å²) in [6, 6.07) is 0. The molecule has 0 radical (unpaired) electrons. The maximum Gasteiger partial charge on any atom is 0.418 e. The molecule has 0 aromatic heterocycles. The van der Waals surface area contributed by atoms with E-state index in [2.05, 4.69) is 0 Å². The van der Waals surface area contributed by atoms with E-state index in [1.54, 1.807) is 6.92 Å². The van der Waals surface area contributed by atoms with Crippen LogP contribution in [-0.4, -0.2) is 59.1 Å². The summed E-state index contributed by atoms with van der Waals surface area (Å²) in [6.07, 6.45) is -5.29. The summed E-state index contributed by atoms with van der Waals surface area (Å²) < 4.78 is 42.8. The quantitative estimate of drug-likeness (QED) is 0.728. The highest BCUT2D eigenvalue weighted by Crippen LogP contribution is 2.37. The molecule has 2 atom stereocenters. The van der Waals surface area contributed by atoms with Crippen molar-refractivity contribution in [2.45, 2.75) is 31.2 Å². The molecule has 1 heterocycles. The Morgan fingerprint density at radius 2 is 2.22 bits per heavy atom. The average Bonchev–Trinajstić information content (AvgIpc) is 2.60. The molecule has 0 spiro atoms. The summed E-state index contributed by atoms with van der Waals surface area (Å²) in [5, 5.41) is 9.45. The second-order valence-electron chi connectivity index (χ2n) is 4.47. The van der Waals surface area contributed by atoms with E-state index < -0.39 is 24.4 Å². The van der Waals surface area contributed by atoms with Crippen molar-refractivity contribution in [2.75, 3.05) is 26.2 Å². The van der Waals surface area contributed by atoms with Gasteiger partial charge in [-0.05, 0) is 13.3 Å². The highest BCUT2D eigenvalue weighted by Gasteiger charge is 2.56. The van der Waals surface area contributed by atoms with Crippen molar-refractivity contribution in [3.8, 4) is 0 Å². The Morgan fingerprint density at radius 1 is 1.61 bits per heavy atom. The lowest BCUT2D eigenvalue weighted by atomic mass is 10.0. The number of halogens is 3. The Balaban J connectivity index is 2.33. The minimum Gasteiger partial charge on any atom is -0.391 e. The lowest BCUT2D eigenvalue weighted by molar-refractivity contribution is -0.254. The van der Waals surface area contributed by atoms with Gasteiger partial charge in [0.2, 0.25) is 0 Å². The summed E-state index contributed by atoms with van der Waals surface area (Å²) in [4.78, 5) is 1.72. The molecule has 106 valence electrons. The van der Waals surface area contributed by atoms with Crippen LogP contribution in [0.15, 0.2) is 0 Å². The molecule has 2 unspecified atom stereocenters. The van der Waals surface area contributed by atoms with Crippen molar-refractivity contribution in [2.24, 2.45) is 5.73 Å². The van der Waals surface area contributed by atoms with Crippen LogP contribution in [0.4, 0.5) is 13.2 Å². The van der Waals surface area contributed by atoms with Gasteiger partial charge in [-0.15, -0.1) is 0 Å². The predicted octanol–water partition coefficient (Wildman–Crippen LogP) is 0.677. The van der Waals surface area contributed by atoms with E-state index in [4.69, 9.17) is 22.7 Å². The third-order valence-electron chi connectivity index (χ3n) is 3.03. The zero-order valence-corrected chi connectivity index (χ0v) is 10.9. The maximum absolute atomic E-state index is 12.5. The second-order valence-corrected chi connectivity index (χ2v) is 4.94. The summed E-state index contributed by atoms with van der Waals surface area (Å²) in [5.41, 5.74) is 2.74. The zero-order valence-electron chi connectivity index (χ0n) is 10.0. The number of nitrogens with zero attached hydrogens (tertiary/aromatic N) is 1. The molecule has 3 N–H and O–H groups in total. The number of rotatable bonds is 5. The van der Waals surface area contributed by atoms with Crippen LogP contribution in [0.25, 0.3) is 0 Å². The molecule has 18 heavy (non-hydrogen) atoms. The molecule has 0 amide bonds. The molecular weight excluding hydrogens is 269 g/mol. The van der Waals surface area contributed by atoms with E-state index in [0.29, 0.717) is 6.54 Å². The van der Waals surface area contributed by atoms with E-state index in [1.807, 2.05) is 0 Å². The van der Waals surface area contributed by atoms with Gasteiger partial charge < -0.3 is 15.6 Å². The molecule has 0 aliphatic carbocycles. The number of aliphatic hydroxyl groups is 1. The van der Waals surface area contributed by atoms with E-state index in [9.17, 15) is 18.3 Å². The number of ether oxygens (including phenoxy) is 1. The normalized spacial score (nSPS) is 27.4. The Labute approximate surface area is 109 Å². The number of hydrogen-bond acceptors (Lipinski definition) is 4. The van der Waals surface area contributed by atoms with E-state index in [-0.39, 0.29) is 24.6 Å². The van der Waals surface area contributed by atoms with Gasteiger partial charge >= 0.3 is 6.18 Å². The average molecular weight is 286 g/mol. The molecule has 0 aromatic carbocycles. The highest BCUT2D eigenvalue weighted by molar-refractivity contribution is 7.80. The van der Waals surface area contributed by atoms with Crippen molar-refractivity contribution in [3.63, 3.8) is 0 Å². The van der Waals surface area contributed by atoms with Gasteiger partial charge in [0, 0.05) is 19.6 Å². The van der Waals surface area contributed by atoms with Crippen LogP contribution in [0.2, 0.25) is 0 Å². The van der Waals surface area contributed by atoms with Crippen molar-refractivity contribution in [1.82, 2.24) is 4.90 Å². The van der Waals surface area contributed by atoms with Crippen LogP contribution in [0, 0.1) is 0 Å². The van der Waals surface area contributed by atoms with Gasteiger partial charge in [-0.2, -0.15) is 13.2 Å². The largest absolute Gasteiger partial charge is 0.418 e. The summed E-state index contributed by atoms with van der Waals surface area (Å²) in [6.45, 7) is 2.00. The monoisotopic (exact) mass is 286 g/mol. The van der Waals surface area contributed by atoms with Crippen molar-refractivity contribution >= 4 is 17.2 Å². The van der Waals surface area contributed by atoms with Crippen LogP contribution >= 0.6 is 12.2 Å². The minimum atomic E-state index is -4.59. The standard InChI is InChI=1S/C10H17F3N2O2S/c1-7(8(14)18)17-5-4-15-3-2-9(16,6-15)10(11,12)13/h7,16H,2-6H2,1H3,(H2,14,18). The smallest absolute Gasteiger partial charge is 0.391 e. The topological polar surface area (TPSA) is 58.7 Å². The minimum absolute atomic E-state index is 0.195. The third kappa shape index (κ3) is 3.78. The van der Waals surface area contributed by atoms with Crippen LogP contribution in [0.5, 0.6) is 0 Å². The number of likely N-dealkylation sites (tertiary alicyclic amines) is 1. The molecule has 8 heteroatoms. The van der Waals surface area contributed by atoms with E-state index >= 15 is 0 Å². The Hall–Kier alpha value is -0.440. The van der Waals surface area contributed by atoms with Crippen molar-refractivity contribution in [3.05, 3.63) is 0 Å². The Kier molecular flexibility index (Phi) is 4.93. The molecule has 0 aromatic rings. The first-order chi connectivity index (χ1) is 8.16. The van der Waals surface area contributed by atoms with Gasteiger partial charge in [0.1, 0.15) is 11.1 Å². The van der Waals surface area contributed by atoms with Gasteiger partial charge in [0.25, 0.3) is 0 Å². The van der Waals surface area contributed by atoms with Gasteiger partial charge in [0.15, 0.2) is 5.60 Å². The second kappa shape index (κ2) is 5.68. The number of hydrogen-bond donors (Lipinski definition) is 2. The molecule has 0 saturated carbocycles. The SMILES string of the molecule is CC(OCCN1CCC(O)(C(F)(F)F)C1)C(N)=S. The van der Waals surface area contributed by atoms with Crippen molar-refractivity contribution < 1.29 is 23.0 Å². The molecular formula is C10H17F3N2O2S. The van der Waals surface area contributed by atoms with E-state index in [0.717, 1.165) is 0 Å². The zero-order chi connectivity index (χ0) is 14.0. The summed E-state index contributed by atoms with van der Waals surface area (Å²) >= 11 is 4.70. The van der Waals surface area contributed by atoms with Crippen LogP contribution in [0.1, 0.15) is 13.3 Å². The van der Waals surface area contributed by atoms with Crippen LogP contribution in [-0.2, 0) is 4.74 Å². The number of β-amino-alcohol motifs (C(OH)–C–C–N with tert-alkyl or cyclic N) is 1. The number of thiocarbonyl (C=S) groups is 1. The van der Waals surface area contributed by atoms with Crippen molar-refractivity contribution in [1.29, 1.82) is 0 Å². The summed E-state index contributed by atoms with van der Waals surface area (Å²) in [7, 11) is 0. The lowest BCUT2D eigenvalue weighted by Crippen LogP contribution is -2.47. The Bertz CT molecular complexity index is 314. The van der Waals surface area contributed by atoms with Crippen LogP contribution in [0.3, 0.4) is 0 Å². The molecule has 4 nitrogen and oxygen atoms in total. The van der Waals surface area contributed by atoms with Gasteiger partial charge in [-0.1, -0.05) is 12.2 Å². The fourth-order valence-corrected chi connectivity index (χ4v) is 1.80. The first kappa shape index (κ1) is 15.6. The van der Waals surface area contributed by atoms with E-state index in [1.165, 1.54) is 4.90 Å². The molecule has 1 aliphatic heterocycles. The first-order valence-electron chi connectivity index (χ1n) is 5.58. The fourth-order valence-electron chi connectivity index (χ4n) is 1.73. The molecule has 1 fully saturated rings. The van der Waals surface area contributed by atoms with Gasteiger partial charge in [-0.3, -0.25) is 4.90 Å². The van der Waals surface area contributed by atoms with Gasteiger partial charge in [0.05, 0.1) is 6.61 Å². The summed E-state index contributed by atoms with van der Waals surface area (Å²) in [5.74, 6) is 0.